The van der Waals surface area contributed by atoms with Gasteiger partial charge in [-0.3, -0.25) is 0 Å². The van der Waals surface area contributed by atoms with Gasteiger partial charge in [0, 0.05) is 13.2 Å². The van der Waals surface area contributed by atoms with Crippen LogP contribution in [0.2, 0.25) is 0 Å². The van der Waals surface area contributed by atoms with Crippen LogP contribution in [0.15, 0.2) is 18.2 Å². The molecule has 1 aliphatic heterocycles. The summed E-state index contributed by atoms with van der Waals surface area (Å²) in [5.41, 5.74) is 1.29. The normalized spacial score (nSPS) is 16.8. The molecule has 1 aliphatic rings. The number of benzene rings is 1. The van der Waals surface area contributed by atoms with Crippen molar-refractivity contribution in [1.82, 2.24) is 0 Å². The summed E-state index contributed by atoms with van der Waals surface area (Å²) in [5.74, 6) is 0.121. The number of aromatic hydroxyl groups is 1. The van der Waals surface area contributed by atoms with Crippen LogP contribution in [0, 0.1) is 0 Å². The first-order valence-electron chi connectivity index (χ1n) is 5.71. The Morgan fingerprint density at radius 3 is 2.76 bits per heavy atom. The average Bonchev–Trinajstić information content (AvgIpc) is 2.39. The van der Waals surface area contributed by atoms with Crippen molar-refractivity contribution in [3.05, 3.63) is 29.3 Å². The molecule has 1 heterocycles. The zero-order valence-corrected chi connectivity index (χ0v) is 9.81. The SMILES string of the molecule is COC(=O)c1ccc(O)c(C2CCOCC2)c1. The minimum atomic E-state index is -0.377. The van der Waals surface area contributed by atoms with E-state index >= 15 is 0 Å². The first-order chi connectivity index (χ1) is 8.22. The fourth-order valence-electron chi connectivity index (χ4n) is 2.13. The average molecular weight is 236 g/mol. The highest BCUT2D eigenvalue weighted by Gasteiger charge is 2.20. The van der Waals surface area contributed by atoms with Crippen molar-refractivity contribution in [2.24, 2.45) is 0 Å². The van der Waals surface area contributed by atoms with Crippen molar-refractivity contribution in [3.8, 4) is 5.75 Å². The van der Waals surface area contributed by atoms with Crippen LogP contribution < -0.4 is 0 Å². The number of carbonyl (C=O) groups excluding carboxylic acids is 1. The molecule has 0 atom stereocenters. The van der Waals surface area contributed by atoms with E-state index in [9.17, 15) is 9.90 Å². The zero-order chi connectivity index (χ0) is 12.3. The second-order valence-electron chi connectivity index (χ2n) is 4.15. The van der Waals surface area contributed by atoms with Crippen molar-refractivity contribution >= 4 is 5.97 Å². The van der Waals surface area contributed by atoms with E-state index in [0.29, 0.717) is 18.8 Å². The summed E-state index contributed by atoms with van der Waals surface area (Å²) in [5, 5.41) is 9.85. The zero-order valence-electron chi connectivity index (χ0n) is 9.81. The summed E-state index contributed by atoms with van der Waals surface area (Å²) in [6.45, 7) is 1.40. The molecule has 17 heavy (non-hydrogen) atoms. The van der Waals surface area contributed by atoms with Crippen LogP contribution in [0.5, 0.6) is 5.75 Å². The Kier molecular flexibility index (Phi) is 3.64. The summed E-state index contributed by atoms with van der Waals surface area (Å²) >= 11 is 0. The van der Waals surface area contributed by atoms with Crippen molar-refractivity contribution in [2.75, 3.05) is 20.3 Å². The van der Waals surface area contributed by atoms with Gasteiger partial charge < -0.3 is 14.6 Å². The van der Waals surface area contributed by atoms with Crippen molar-refractivity contribution in [2.45, 2.75) is 18.8 Å². The van der Waals surface area contributed by atoms with Gasteiger partial charge in [-0.25, -0.2) is 4.79 Å². The predicted octanol–water partition coefficient (Wildman–Crippen LogP) is 2.07. The first kappa shape index (κ1) is 11.9. The molecule has 92 valence electrons. The van der Waals surface area contributed by atoms with Gasteiger partial charge in [0.25, 0.3) is 0 Å². The third-order valence-electron chi connectivity index (χ3n) is 3.11. The Balaban J connectivity index is 2.28. The minimum Gasteiger partial charge on any atom is -0.508 e. The largest absolute Gasteiger partial charge is 0.508 e. The van der Waals surface area contributed by atoms with Crippen LogP contribution in [-0.2, 0) is 9.47 Å². The molecule has 0 unspecified atom stereocenters. The Labute approximate surface area is 100 Å². The molecule has 1 fully saturated rings. The Bertz CT molecular complexity index is 408. The number of hydrogen-bond acceptors (Lipinski definition) is 4. The van der Waals surface area contributed by atoms with E-state index in [0.717, 1.165) is 18.4 Å². The molecule has 2 rings (SSSR count). The number of carbonyl (C=O) groups is 1. The maximum absolute atomic E-state index is 11.4. The lowest BCUT2D eigenvalue weighted by Gasteiger charge is -2.23. The van der Waals surface area contributed by atoms with Crippen LogP contribution in [0.3, 0.4) is 0 Å². The molecule has 4 heteroatoms. The lowest BCUT2D eigenvalue weighted by atomic mass is 9.90. The van der Waals surface area contributed by atoms with E-state index in [1.54, 1.807) is 18.2 Å². The maximum Gasteiger partial charge on any atom is 0.337 e. The number of phenols is 1. The van der Waals surface area contributed by atoms with Gasteiger partial charge in [0.05, 0.1) is 12.7 Å². The van der Waals surface area contributed by atoms with Crippen LogP contribution in [0.1, 0.15) is 34.7 Å². The summed E-state index contributed by atoms with van der Waals surface area (Å²) in [6.07, 6.45) is 1.75. The Morgan fingerprint density at radius 1 is 1.41 bits per heavy atom. The number of esters is 1. The van der Waals surface area contributed by atoms with Crippen molar-refractivity contribution in [1.29, 1.82) is 0 Å². The van der Waals surface area contributed by atoms with Gasteiger partial charge in [-0.05, 0) is 42.5 Å². The number of phenolic OH excluding ortho intramolecular Hbond substituents is 1. The van der Waals surface area contributed by atoms with Gasteiger partial charge in [0.15, 0.2) is 0 Å². The van der Waals surface area contributed by atoms with Crippen LogP contribution in [-0.4, -0.2) is 31.4 Å². The maximum atomic E-state index is 11.4. The number of hydrogen-bond donors (Lipinski definition) is 1. The van der Waals surface area contributed by atoms with E-state index in [2.05, 4.69) is 4.74 Å². The van der Waals surface area contributed by atoms with Gasteiger partial charge >= 0.3 is 5.97 Å². The topological polar surface area (TPSA) is 55.8 Å². The second kappa shape index (κ2) is 5.19. The molecular formula is C13H16O4. The van der Waals surface area contributed by atoms with Crippen molar-refractivity contribution < 1.29 is 19.4 Å². The fraction of sp³-hybridized carbons (Fsp3) is 0.462. The molecule has 0 aliphatic carbocycles. The lowest BCUT2D eigenvalue weighted by molar-refractivity contribution is 0.0600. The summed E-state index contributed by atoms with van der Waals surface area (Å²) < 4.78 is 9.96. The fourth-order valence-corrected chi connectivity index (χ4v) is 2.13. The highest BCUT2D eigenvalue weighted by Crippen LogP contribution is 2.33. The van der Waals surface area contributed by atoms with Crippen molar-refractivity contribution in [3.63, 3.8) is 0 Å². The molecule has 1 saturated heterocycles. The molecule has 0 spiro atoms. The number of ether oxygens (including phenoxy) is 2. The standard InChI is InChI=1S/C13H16O4/c1-16-13(15)10-2-3-12(14)11(8-10)9-4-6-17-7-5-9/h2-3,8-9,14H,4-7H2,1H3. The molecule has 4 nitrogen and oxygen atoms in total. The number of rotatable bonds is 2. The van der Waals surface area contributed by atoms with Gasteiger partial charge in [0.1, 0.15) is 5.75 Å². The molecule has 1 aromatic rings. The molecule has 0 aromatic heterocycles. The van der Waals surface area contributed by atoms with E-state index in [1.807, 2.05) is 0 Å². The summed E-state index contributed by atoms with van der Waals surface area (Å²) in [7, 11) is 1.35. The van der Waals surface area contributed by atoms with E-state index in [-0.39, 0.29) is 17.6 Å². The molecule has 0 bridgehead atoms. The molecule has 0 saturated carbocycles. The summed E-state index contributed by atoms with van der Waals surface area (Å²) in [6, 6.07) is 4.85. The van der Waals surface area contributed by atoms with Crippen LogP contribution in [0.4, 0.5) is 0 Å². The highest BCUT2D eigenvalue weighted by atomic mass is 16.5. The molecule has 1 N–H and O–H groups in total. The first-order valence-corrected chi connectivity index (χ1v) is 5.71. The Hall–Kier alpha value is -1.55. The third-order valence-corrected chi connectivity index (χ3v) is 3.11. The van der Waals surface area contributed by atoms with Crippen LogP contribution >= 0.6 is 0 Å². The van der Waals surface area contributed by atoms with Gasteiger partial charge in [-0.2, -0.15) is 0 Å². The van der Waals surface area contributed by atoms with E-state index in [4.69, 9.17) is 4.74 Å². The summed E-state index contributed by atoms with van der Waals surface area (Å²) in [4.78, 5) is 11.4. The monoisotopic (exact) mass is 236 g/mol. The lowest BCUT2D eigenvalue weighted by Crippen LogP contribution is -2.14. The second-order valence-corrected chi connectivity index (χ2v) is 4.15. The smallest absolute Gasteiger partial charge is 0.337 e. The quantitative estimate of drug-likeness (QED) is 0.799. The molecule has 1 aromatic carbocycles. The highest BCUT2D eigenvalue weighted by molar-refractivity contribution is 5.89. The molecular weight excluding hydrogens is 220 g/mol. The minimum absolute atomic E-state index is 0.240. The Morgan fingerprint density at radius 2 is 2.12 bits per heavy atom. The third kappa shape index (κ3) is 2.58. The predicted molar refractivity (Wildman–Crippen MR) is 62.2 cm³/mol. The van der Waals surface area contributed by atoms with Gasteiger partial charge in [0.2, 0.25) is 0 Å². The molecule has 0 radical (unpaired) electrons. The van der Waals surface area contributed by atoms with E-state index in [1.165, 1.54) is 7.11 Å². The van der Waals surface area contributed by atoms with Crippen LogP contribution in [0.25, 0.3) is 0 Å². The molecule has 0 amide bonds. The van der Waals surface area contributed by atoms with Gasteiger partial charge in [-0.15, -0.1) is 0 Å². The van der Waals surface area contributed by atoms with E-state index < -0.39 is 0 Å². The number of methoxy groups -OCH3 is 1. The van der Waals surface area contributed by atoms with Gasteiger partial charge in [-0.1, -0.05) is 0 Å².